The van der Waals surface area contributed by atoms with Crippen molar-refractivity contribution in [3.8, 4) is 5.75 Å². The molecule has 1 amide bonds. The number of halogens is 3. The fourth-order valence-electron chi connectivity index (χ4n) is 4.06. The zero-order valence-corrected chi connectivity index (χ0v) is 17.6. The normalized spacial score (nSPS) is 24.4. The summed E-state index contributed by atoms with van der Waals surface area (Å²) < 4.78 is 67.9. The molecule has 0 atom stereocenters. The molecule has 1 aliphatic carbocycles. The quantitative estimate of drug-likeness (QED) is 0.746. The second-order valence-electron chi connectivity index (χ2n) is 8.17. The van der Waals surface area contributed by atoms with E-state index in [9.17, 15) is 26.4 Å². The van der Waals surface area contributed by atoms with Gasteiger partial charge < -0.3 is 10.1 Å². The van der Waals surface area contributed by atoms with Gasteiger partial charge in [-0.2, -0.15) is 4.31 Å². The first-order chi connectivity index (χ1) is 14.0. The summed E-state index contributed by atoms with van der Waals surface area (Å²) in [7, 11) is -3.97. The lowest BCUT2D eigenvalue weighted by Crippen LogP contribution is -2.46. The number of carbonyl (C=O) groups excluding carboxylic acids is 1. The van der Waals surface area contributed by atoms with Crippen LogP contribution in [0.3, 0.4) is 0 Å². The van der Waals surface area contributed by atoms with E-state index in [1.54, 1.807) is 0 Å². The number of alkyl halides is 3. The van der Waals surface area contributed by atoms with Crippen molar-refractivity contribution < 1.29 is 31.1 Å². The highest BCUT2D eigenvalue weighted by Crippen LogP contribution is 2.29. The van der Waals surface area contributed by atoms with Crippen LogP contribution in [0.1, 0.15) is 45.4 Å². The fourth-order valence-corrected chi connectivity index (χ4v) is 5.57. The summed E-state index contributed by atoms with van der Waals surface area (Å²) in [6.45, 7) is 2.50. The Morgan fingerprint density at radius 2 is 1.73 bits per heavy atom. The van der Waals surface area contributed by atoms with Crippen LogP contribution in [0.15, 0.2) is 29.2 Å². The molecule has 1 aliphatic heterocycles. The average molecular weight is 449 g/mol. The van der Waals surface area contributed by atoms with Gasteiger partial charge in [0.25, 0.3) is 0 Å². The van der Waals surface area contributed by atoms with Crippen molar-refractivity contribution in [2.45, 2.75) is 62.7 Å². The third kappa shape index (κ3) is 5.87. The highest BCUT2D eigenvalue weighted by Gasteiger charge is 2.34. The van der Waals surface area contributed by atoms with E-state index in [4.69, 9.17) is 0 Å². The van der Waals surface area contributed by atoms with E-state index in [0.29, 0.717) is 18.8 Å². The van der Waals surface area contributed by atoms with Crippen LogP contribution < -0.4 is 10.1 Å². The summed E-state index contributed by atoms with van der Waals surface area (Å²) >= 11 is 0. The molecule has 0 aromatic heterocycles. The van der Waals surface area contributed by atoms with Gasteiger partial charge in [-0.05, 0) is 56.6 Å². The van der Waals surface area contributed by atoms with Crippen molar-refractivity contribution in [1.82, 2.24) is 9.62 Å². The maximum absolute atomic E-state index is 12.8. The van der Waals surface area contributed by atoms with Gasteiger partial charge >= 0.3 is 6.36 Å². The minimum atomic E-state index is -4.90. The van der Waals surface area contributed by atoms with Crippen molar-refractivity contribution in [2.24, 2.45) is 11.8 Å². The van der Waals surface area contributed by atoms with Crippen LogP contribution in [0.25, 0.3) is 0 Å². The van der Waals surface area contributed by atoms with Crippen LogP contribution in [0, 0.1) is 11.8 Å². The average Bonchev–Trinajstić information content (AvgIpc) is 2.69. The summed E-state index contributed by atoms with van der Waals surface area (Å²) in [4.78, 5) is 12.3. The number of rotatable bonds is 5. The summed E-state index contributed by atoms with van der Waals surface area (Å²) in [6.07, 6.45) is -0.00520. The first-order valence-corrected chi connectivity index (χ1v) is 11.6. The molecule has 1 heterocycles. The Hall–Kier alpha value is -1.81. The van der Waals surface area contributed by atoms with E-state index in [1.807, 2.05) is 0 Å². The molecule has 1 aromatic carbocycles. The van der Waals surface area contributed by atoms with Crippen LogP contribution in [0.5, 0.6) is 5.75 Å². The molecular formula is C20H27F3N2O4S. The van der Waals surface area contributed by atoms with Crippen LogP contribution in [0.2, 0.25) is 0 Å². The smallest absolute Gasteiger partial charge is 0.406 e. The third-order valence-electron chi connectivity index (χ3n) is 5.86. The molecular weight excluding hydrogens is 421 g/mol. The first kappa shape index (κ1) is 22.9. The largest absolute Gasteiger partial charge is 0.573 e. The standard InChI is InChI=1S/C20H27F3N2O4S/c1-14-5-7-16(8-6-14)24-19(26)15-9-11-25(12-10-15)30(27,28)18-4-2-3-17(13-18)29-20(21,22)23/h2-4,13-16H,5-12H2,1H3,(H,24,26). The number of hydrogen-bond donors (Lipinski definition) is 1. The molecule has 168 valence electrons. The first-order valence-electron chi connectivity index (χ1n) is 10.2. The Morgan fingerprint density at radius 1 is 1.10 bits per heavy atom. The molecule has 2 fully saturated rings. The number of ether oxygens (including phenoxy) is 1. The number of amides is 1. The number of piperidine rings is 1. The monoisotopic (exact) mass is 448 g/mol. The van der Waals surface area contributed by atoms with Crippen molar-refractivity contribution in [3.05, 3.63) is 24.3 Å². The van der Waals surface area contributed by atoms with Crippen molar-refractivity contribution >= 4 is 15.9 Å². The van der Waals surface area contributed by atoms with Gasteiger partial charge in [0.1, 0.15) is 5.75 Å². The Morgan fingerprint density at radius 3 is 2.33 bits per heavy atom. The molecule has 1 saturated heterocycles. The number of sulfonamides is 1. The molecule has 1 saturated carbocycles. The topological polar surface area (TPSA) is 75.7 Å². The van der Waals surface area contributed by atoms with Gasteiger partial charge in [0.2, 0.25) is 15.9 Å². The van der Waals surface area contributed by atoms with E-state index in [0.717, 1.165) is 37.8 Å². The lowest BCUT2D eigenvalue weighted by Gasteiger charge is -2.33. The lowest BCUT2D eigenvalue weighted by atomic mass is 9.87. The minimum Gasteiger partial charge on any atom is -0.406 e. The van der Waals surface area contributed by atoms with Crippen LogP contribution in [-0.4, -0.2) is 44.1 Å². The molecule has 10 heteroatoms. The maximum atomic E-state index is 12.8. The van der Waals surface area contributed by atoms with Crippen LogP contribution in [-0.2, 0) is 14.8 Å². The van der Waals surface area contributed by atoms with Gasteiger partial charge in [-0.25, -0.2) is 8.42 Å². The van der Waals surface area contributed by atoms with Gasteiger partial charge in [0, 0.05) is 31.1 Å². The molecule has 6 nitrogen and oxygen atoms in total. The van der Waals surface area contributed by atoms with Gasteiger partial charge in [0.15, 0.2) is 0 Å². The molecule has 2 aliphatic rings. The van der Waals surface area contributed by atoms with E-state index in [-0.39, 0.29) is 35.9 Å². The second-order valence-corrected chi connectivity index (χ2v) is 10.1. The molecule has 1 N–H and O–H groups in total. The molecule has 1 aromatic rings. The van der Waals surface area contributed by atoms with E-state index in [1.165, 1.54) is 16.4 Å². The third-order valence-corrected chi connectivity index (χ3v) is 7.76. The lowest BCUT2D eigenvalue weighted by molar-refractivity contribution is -0.274. The summed E-state index contributed by atoms with van der Waals surface area (Å²) in [5.41, 5.74) is 0. The zero-order chi connectivity index (χ0) is 21.9. The predicted octanol–water partition coefficient (Wildman–Crippen LogP) is 3.68. The highest BCUT2D eigenvalue weighted by molar-refractivity contribution is 7.89. The highest BCUT2D eigenvalue weighted by atomic mass is 32.2. The van der Waals surface area contributed by atoms with Gasteiger partial charge in [-0.15, -0.1) is 13.2 Å². The summed E-state index contributed by atoms with van der Waals surface area (Å²) in [5, 5.41) is 3.09. The van der Waals surface area contributed by atoms with E-state index < -0.39 is 22.1 Å². The molecule has 0 bridgehead atoms. The summed E-state index contributed by atoms with van der Waals surface area (Å²) in [6, 6.07) is 4.55. The minimum absolute atomic E-state index is 0.0350. The van der Waals surface area contributed by atoms with Crippen molar-refractivity contribution in [3.63, 3.8) is 0 Å². The molecule has 30 heavy (non-hydrogen) atoms. The molecule has 0 radical (unpaired) electrons. The van der Waals surface area contributed by atoms with Gasteiger partial charge in [0.05, 0.1) is 4.90 Å². The Bertz CT molecular complexity index is 844. The van der Waals surface area contributed by atoms with Crippen molar-refractivity contribution in [1.29, 1.82) is 0 Å². The van der Waals surface area contributed by atoms with Crippen LogP contribution >= 0.6 is 0 Å². The maximum Gasteiger partial charge on any atom is 0.573 e. The Balaban J connectivity index is 1.57. The number of nitrogens with zero attached hydrogens (tertiary/aromatic N) is 1. The van der Waals surface area contributed by atoms with E-state index >= 15 is 0 Å². The fraction of sp³-hybridized carbons (Fsp3) is 0.650. The number of carbonyl (C=O) groups is 1. The number of benzene rings is 1. The molecule has 0 unspecified atom stereocenters. The number of nitrogens with one attached hydrogen (secondary N) is 1. The van der Waals surface area contributed by atoms with E-state index in [2.05, 4.69) is 17.0 Å². The number of hydrogen-bond acceptors (Lipinski definition) is 4. The summed E-state index contributed by atoms with van der Waals surface area (Å²) in [5.74, 6) is -0.186. The Labute approximate surface area is 174 Å². The Kier molecular flexibility index (Phi) is 6.96. The molecule has 0 spiro atoms. The predicted molar refractivity (Wildman–Crippen MR) is 104 cm³/mol. The molecule has 3 rings (SSSR count). The SMILES string of the molecule is CC1CCC(NC(=O)C2CCN(S(=O)(=O)c3cccc(OC(F)(F)F)c3)CC2)CC1. The zero-order valence-electron chi connectivity index (χ0n) is 16.8. The van der Waals surface area contributed by atoms with Gasteiger partial charge in [-0.1, -0.05) is 13.0 Å². The second kappa shape index (κ2) is 9.13. The van der Waals surface area contributed by atoms with Crippen molar-refractivity contribution in [2.75, 3.05) is 13.1 Å². The van der Waals surface area contributed by atoms with Crippen LogP contribution in [0.4, 0.5) is 13.2 Å². The van der Waals surface area contributed by atoms with Gasteiger partial charge in [-0.3, -0.25) is 4.79 Å².